The van der Waals surface area contributed by atoms with Gasteiger partial charge in [-0.3, -0.25) is 0 Å². The Morgan fingerprint density at radius 3 is 2.71 bits per heavy atom. The molecule has 0 aromatic carbocycles. The van der Waals surface area contributed by atoms with E-state index in [9.17, 15) is 0 Å². The Morgan fingerprint density at radius 1 is 1.47 bits per heavy atom. The second-order valence-electron chi connectivity index (χ2n) is 4.34. The van der Waals surface area contributed by atoms with E-state index in [1.54, 1.807) is 6.07 Å². The monoisotopic (exact) mass is 252 g/mol. The summed E-state index contributed by atoms with van der Waals surface area (Å²) in [4.78, 5) is 10.5. The van der Waals surface area contributed by atoms with E-state index in [-0.39, 0.29) is 0 Å². The third kappa shape index (κ3) is 4.58. The first kappa shape index (κ1) is 13.7. The molecular formula is C12H17ClN4. The Labute approximate surface area is 107 Å². The predicted octanol–water partition coefficient (Wildman–Crippen LogP) is 2.81. The minimum Gasteiger partial charge on any atom is -0.355 e. The first-order chi connectivity index (χ1) is 8.02. The third-order valence-corrected chi connectivity index (χ3v) is 2.39. The summed E-state index contributed by atoms with van der Waals surface area (Å²) < 4.78 is 0. The van der Waals surface area contributed by atoms with E-state index in [0.717, 1.165) is 12.4 Å². The number of nitriles is 1. The van der Waals surface area contributed by atoms with Crippen molar-refractivity contribution in [3.8, 4) is 6.07 Å². The molecule has 0 spiro atoms. The molecule has 0 saturated heterocycles. The first-order valence-electron chi connectivity index (χ1n) is 5.66. The molecule has 0 amide bonds. The van der Waals surface area contributed by atoms with Gasteiger partial charge in [-0.05, 0) is 12.8 Å². The molecule has 0 N–H and O–H groups in total. The molecule has 0 aliphatic heterocycles. The zero-order valence-electron chi connectivity index (χ0n) is 10.4. The lowest BCUT2D eigenvalue weighted by Crippen LogP contribution is -2.29. The van der Waals surface area contributed by atoms with E-state index in [1.807, 2.05) is 6.92 Å². The third-order valence-electron chi connectivity index (χ3n) is 2.20. The van der Waals surface area contributed by atoms with Gasteiger partial charge in [0, 0.05) is 19.2 Å². The van der Waals surface area contributed by atoms with E-state index in [0.29, 0.717) is 29.9 Å². The fourth-order valence-electron chi connectivity index (χ4n) is 1.60. The van der Waals surface area contributed by atoms with Gasteiger partial charge in [-0.15, -0.1) is 0 Å². The van der Waals surface area contributed by atoms with Crippen molar-refractivity contribution < 1.29 is 0 Å². The summed E-state index contributed by atoms with van der Waals surface area (Å²) in [7, 11) is 0. The largest absolute Gasteiger partial charge is 0.355 e. The highest BCUT2D eigenvalue weighted by Gasteiger charge is 2.11. The number of nitrogens with zero attached hydrogens (tertiary/aromatic N) is 4. The standard InChI is InChI=1S/C12H17ClN4/c1-9(2)8-17(6-4-5-14)12-7-11(13)15-10(3)16-12/h7,9H,4,6,8H2,1-3H3. The quantitative estimate of drug-likeness (QED) is 0.756. The van der Waals surface area contributed by atoms with Gasteiger partial charge in [0.05, 0.1) is 12.5 Å². The maximum absolute atomic E-state index is 8.67. The summed E-state index contributed by atoms with van der Waals surface area (Å²) in [6.45, 7) is 7.60. The first-order valence-corrected chi connectivity index (χ1v) is 6.03. The van der Waals surface area contributed by atoms with Crippen LogP contribution in [0.4, 0.5) is 5.82 Å². The zero-order valence-corrected chi connectivity index (χ0v) is 11.2. The van der Waals surface area contributed by atoms with Crippen LogP contribution in [0, 0.1) is 24.2 Å². The van der Waals surface area contributed by atoms with E-state index < -0.39 is 0 Å². The lowest BCUT2D eigenvalue weighted by Gasteiger charge is -2.24. The number of aryl methyl sites for hydroxylation is 1. The molecule has 1 rings (SSSR count). The Balaban J connectivity index is 2.91. The topological polar surface area (TPSA) is 52.8 Å². The summed E-state index contributed by atoms with van der Waals surface area (Å²) in [5, 5.41) is 9.11. The van der Waals surface area contributed by atoms with Crippen LogP contribution in [0.25, 0.3) is 0 Å². The maximum Gasteiger partial charge on any atom is 0.134 e. The van der Waals surface area contributed by atoms with Crippen LogP contribution < -0.4 is 4.90 Å². The second-order valence-corrected chi connectivity index (χ2v) is 4.73. The molecule has 0 saturated carbocycles. The number of hydrogen-bond donors (Lipinski definition) is 0. The minimum atomic E-state index is 0.443. The molecule has 92 valence electrons. The molecule has 0 aliphatic carbocycles. The second kappa shape index (κ2) is 6.41. The van der Waals surface area contributed by atoms with Gasteiger partial charge in [0.1, 0.15) is 16.8 Å². The summed E-state index contributed by atoms with van der Waals surface area (Å²) in [5.41, 5.74) is 0. The highest BCUT2D eigenvalue weighted by atomic mass is 35.5. The van der Waals surface area contributed by atoms with Crippen LogP contribution >= 0.6 is 11.6 Å². The fourth-order valence-corrected chi connectivity index (χ4v) is 1.82. The Kier molecular flexibility index (Phi) is 5.17. The normalized spacial score (nSPS) is 10.4. The van der Waals surface area contributed by atoms with Crippen molar-refractivity contribution in [2.45, 2.75) is 27.2 Å². The number of halogens is 1. The summed E-state index contributed by atoms with van der Waals surface area (Å²) >= 11 is 5.92. The predicted molar refractivity (Wildman–Crippen MR) is 69.1 cm³/mol. The molecule has 17 heavy (non-hydrogen) atoms. The molecule has 1 aromatic rings. The SMILES string of the molecule is Cc1nc(Cl)cc(N(CCC#N)CC(C)C)n1. The lowest BCUT2D eigenvalue weighted by molar-refractivity contribution is 0.606. The maximum atomic E-state index is 8.67. The molecule has 0 bridgehead atoms. The van der Waals surface area contributed by atoms with Crippen LogP contribution in [0.1, 0.15) is 26.1 Å². The van der Waals surface area contributed by atoms with Crippen LogP contribution in [0.15, 0.2) is 6.07 Å². The summed E-state index contributed by atoms with van der Waals surface area (Å²) in [5.74, 6) is 1.95. The number of hydrogen-bond acceptors (Lipinski definition) is 4. The van der Waals surface area contributed by atoms with Crippen molar-refractivity contribution in [3.63, 3.8) is 0 Å². The van der Waals surface area contributed by atoms with Crippen molar-refractivity contribution in [2.75, 3.05) is 18.0 Å². The van der Waals surface area contributed by atoms with Crippen molar-refractivity contribution in [1.82, 2.24) is 9.97 Å². The van der Waals surface area contributed by atoms with Gasteiger partial charge in [-0.2, -0.15) is 5.26 Å². The Bertz CT molecular complexity index is 391. The van der Waals surface area contributed by atoms with Crippen LogP contribution in [-0.2, 0) is 0 Å². The average molecular weight is 253 g/mol. The number of rotatable bonds is 5. The van der Waals surface area contributed by atoms with Gasteiger partial charge in [0.25, 0.3) is 0 Å². The molecular weight excluding hydrogens is 236 g/mol. The highest BCUT2D eigenvalue weighted by molar-refractivity contribution is 6.29. The molecule has 4 nitrogen and oxygen atoms in total. The summed E-state index contributed by atoms with van der Waals surface area (Å²) in [6, 6.07) is 3.90. The van der Waals surface area contributed by atoms with E-state index in [1.165, 1.54) is 0 Å². The fraction of sp³-hybridized carbons (Fsp3) is 0.583. The number of aromatic nitrogens is 2. The van der Waals surface area contributed by atoms with E-state index in [2.05, 4.69) is 34.8 Å². The van der Waals surface area contributed by atoms with E-state index >= 15 is 0 Å². The molecule has 0 radical (unpaired) electrons. The Morgan fingerprint density at radius 2 is 2.18 bits per heavy atom. The van der Waals surface area contributed by atoms with Crippen LogP contribution in [-0.4, -0.2) is 23.1 Å². The lowest BCUT2D eigenvalue weighted by atomic mass is 10.2. The van der Waals surface area contributed by atoms with E-state index in [4.69, 9.17) is 16.9 Å². The van der Waals surface area contributed by atoms with Crippen molar-refractivity contribution in [3.05, 3.63) is 17.0 Å². The van der Waals surface area contributed by atoms with Gasteiger partial charge in [-0.25, -0.2) is 9.97 Å². The zero-order chi connectivity index (χ0) is 12.8. The highest BCUT2D eigenvalue weighted by Crippen LogP contribution is 2.17. The average Bonchev–Trinajstić information content (AvgIpc) is 2.22. The van der Waals surface area contributed by atoms with Crippen molar-refractivity contribution in [2.24, 2.45) is 5.92 Å². The molecule has 0 fully saturated rings. The molecule has 1 heterocycles. The van der Waals surface area contributed by atoms with Crippen LogP contribution in [0.2, 0.25) is 5.15 Å². The minimum absolute atomic E-state index is 0.443. The van der Waals surface area contributed by atoms with Gasteiger partial charge >= 0.3 is 0 Å². The molecule has 5 heteroatoms. The smallest absolute Gasteiger partial charge is 0.134 e. The summed E-state index contributed by atoms with van der Waals surface area (Å²) in [6.07, 6.45) is 0.480. The van der Waals surface area contributed by atoms with Crippen molar-refractivity contribution >= 4 is 17.4 Å². The van der Waals surface area contributed by atoms with Gasteiger partial charge in [0.15, 0.2) is 0 Å². The van der Waals surface area contributed by atoms with Crippen molar-refractivity contribution in [1.29, 1.82) is 5.26 Å². The molecule has 0 aliphatic rings. The van der Waals surface area contributed by atoms with Crippen LogP contribution in [0.5, 0.6) is 0 Å². The number of anilines is 1. The Hall–Kier alpha value is -1.34. The van der Waals surface area contributed by atoms with Gasteiger partial charge in [-0.1, -0.05) is 25.4 Å². The molecule has 0 atom stereocenters. The van der Waals surface area contributed by atoms with Gasteiger partial charge < -0.3 is 4.90 Å². The van der Waals surface area contributed by atoms with Gasteiger partial charge in [0.2, 0.25) is 0 Å². The molecule has 0 unspecified atom stereocenters. The molecule has 1 aromatic heterocycles. The van der Waals surface area contributed by atoms with Crippen LogP contribution in [0.3, 0.4) is 0 Å².